The predicted molar refractivity (Wildman–Crippen MR) is 64.5 cm³/mol. The SMILES string of the molecule is CSCCCN1C(=O)NC(=O)C2(CCC2)C1=O. The molecule has 1 aliphatic carbocycles. The van der Waals surface area contributed by atoms with Gasteiger partial charge in [0.2, 0.25) is 11.8 Å². The Morgan fingerprint density at radius 2 is 2.06 bits per heavy atom. The number of nitrogens with zero attached hydrogens (tertiary/aromatic N) is 1. The maximum atomic E-state index is 12.2. The Hall–Kier alpha value is -1.04. The van der Waals surface area contributed by atoms with Crippen LogP contribution >= 0.6 is 11.8 Å². The van der Waals surface area contributed by atoms with Gasteiger partial charge in [-0.15, -0.1) is 0 Å². The first-order valence-corrected chi connectivity index (χ1v) is 7.17. The van der Waals surface area contributed by atoms with Gasteiger partial charge in [0, 0.05) is 6.54 Å². The van der Waals surface area contributed by atoms with Crippen LogP contribution in [0.25, 0.3) is 0 Å². The summed E-state index contributed by atoms with van der Waals surface area (Å²) in [5, 5.41) is 2.30. The molecule has 1 aliphatic heterocycles. The standard InChI is InChI=1S/C11H16N2O3S/c1-17-7-3-6-13-9(15)11(4-2-5-11)8(14)12-10(13)16/h2-7H2,1H3,(H,12,14,16). The van der Waals surface area contributed by atoms with Gasteiger partial charge in [0.1, 0.15) is 5.41 Å². The maximum absolute atomic E-state index is 12.2. The van der Waals surface area contributed by atoms with Gasteiger partial charge in [-0.05, 0) is 31.3 Å². The van der Waals surface area contributed by atoms with E-state index in [1.54, 1.807) is 11.8 Å². The number of carbonyl (C=O) groups excluding carboxylic acids is 3. The van der Waals surface area contributed by atoms with E-state index in [2.05, 4.69) is 5.32 Å². The monoisotopic (exact) mass is 256 g/mol. The van der Waals surface area contributed by atoms with E-state index in [9.17, 15) is 14.4 Å². The minimum absolute atomic E-state index is 0.293. The van der Waals surface area contributed by atoms with E-state index < -0.39 is 17.4 Å². The minimum Gasteiger partial charge on any atom is -0.277 e. The van der Waals surface area contributed by atoms with Crippen LogP contribution in [-0.2, 0) is 9.59 Å². The lowest BCUT2D eigenvalue weighted by Crippen LogP contribution is -2.66. The van der Waals surface area contributed by atoms with Crippen molar-refractivity contribution in [3.05, 3.63) is 0 Å². The molecule has 4 amide bonds. The minimum atomic E-state index is -0.923. The molecule has 0 radical (unpaired) electrons. The fourth-order valence-electron chi connectivity index (χ4n) is 2.27. The lowest BCUT2D eigenvalue weighted by atomic mass is 9.66. The molecule has 0 aromatic carbocycles. The van der Waals surface area contributed by atoms with Crippen molar-refractivity contribution in [1.29, 1.82) is 0 Å². The summed E-state index contributed by atoms with van der Waals surface area (Å²) in [6, 6.07) is -0.557. The van der Waals surface area contributed by atoms with E-state index in [1.807, 2.05) is 6.26 Å². The van der Waals surface area contributed by atoms with Crippen LogP contribution in [0, 0.1) is 5.41 Å². The van der Waals surface area contributed by atoms with E-state index in [-0.39, 0.29) is 5.91 Å². The Bertz CT molecular complexity index is 366. The van der Waals surface area contributed by atoms with E-state index in [1.165, 1.54) is 4.90 Å². The average molecular weight is 256 g/mol. The molecule has 0 unspecified atom stereocenters. The van der Waals surface area contributed by atoms with E-state index in [0.29, 0.717) is 19.4 Å². The summed E-state index contributed by atoms with van der Waals surface area (Å²) in [6.45, 7) is 0.403. The van der Waals surface area contributed by atoms with Crippen LogP contribution in [0.1, 0.15) is 25.7 Å². The zero-order valence-electron chi connectivity index (χ0n) is 9.82. The van der Waals surface area contributed by atoms with Crippen LogP contribution < -0.4 is 5.32 Å². The lowest BCUT2D eigenvalue weighted by Gasteiger charge is -2.44. The second-order valence-corrected chi connectivity index (χ2v) is 5.48. The van der Waals surface area contributed by atoms with Crippen molar-refractivity contribution >= 4 is 29.6 Å². The number of hydrogen-bond donors (Lipinski definition) is 1. The summed E-state index contributed by atoms with van der Waals surface area (Å²) >= 11 is 1.68. The lowest BCUT2D eigenvalue weighted by molar-refractivity contribution is -0.157. The molecule has 17 heavy (non-hydrogen) atoms. The largest absolute Gasteiger partial charge is 0.330 e. The highest BCUT2D eigenvalue weighted by Gasteiger charge is 2.56. The topological polar surface area (TPSA) is 66.5 Å². The molecule has 6 heteroatoms. The van der Waals surface area contributed by atoms with Crippen LogP contribution in [0.2, 0.25) is 0 Å². The van der Waals surface area contributed by atoms with E-state index in [4.69, 9.17) is 0 Å². The number of nitrogens with one attached hydrogen (secondary N) is 1. The van der Waals surface area contributed by atoms with Gasteiger partial charge in [0.05, 0.1) is 0 Å². The third-order valence-corrected chi connectivity index (χ3v) is 4.19. The van der Waals surface area contributed by atoms with Gasteiger partial charge in [-0.25, -0.2) is 4.79 Å². The number of urea groups is 1. The number of barbiturate groups is 1. The third-order valence-electron chi connectivity index (χ3n) is 3.49. The Kier molecular flexibility index (Phi) is 3.42. The quantitative estimate of drug-likeness (QED) is 0.601. The predicted octanol–water partition coefficient (Wildman–Crippen LogP) is 0.988. The first-order valence-electron chi connectivity index (χ1n) is 5.78. The van der Waals surface area contributed by atoms with Gasteiger partial charge in [-0.1, -0.05) is 6.42 Å². The molecule has 1 N–H and O–H groups in total. The second kappa shape index (κ2) is 4.68. The summed E-state index contributed by atoms with van der Waals surface area (Å²) in [5.74, 6) is 0.205. The summed E-state index contributed by atoms with van der Waals surface area (Å²) in [4.78, 5) is 36.7. The van der Waals surface area contributed by atoms with Gasteiger partial charge < -0.3 is 0 Å². The molecule has 0 atom stereocenters. The maximum Gasteiger partial charge on any atom is 0.330 e. The molecule has 94 valence electrons. The number of carbonyl (C=O) groups is 3. The normalized spacial score (nSPS) is 22.6. The molecule has 2 aliphatic rings. The number of thioether (sulfide) groups is 1. The van der Waals surface area contributed by atoms with E-state index in [0.717, 1.165) is 18.6 Å². The Labute approximate surface area is 104 Å². The molecule has 2 fully saturated rings. The molecule has 1 heterocycles. The Morgan fingerprint density at radius 1 is 1.35 bits per heavy atom. The van der Waals surface area contributed by atoms with Crippen LogP contribution in [0.3, 0.4) is 0 Å². The molecule has 0 bridgehead atoms. The fourth-order valence-corrected chi connectivity index (χ4v) is 2.69. The highest BCUT2D eigenvalue weighted by Crippen LogP contribution is 2.44. The first-order chi connectivity index (χ1) is 8.12. The van der Waals surface area contributed by atoms with Crippen LogP contribution in [0.5, 0.6) is 0 Å². The number of amides is 4. The summed E-state index contributed by atoms with van der Waals surface area (Å²) in [5.41, 5.74) is -0.923. The molecular formula is C11H16N2O3S. The average Bonchev–Trinajstić information content (AvgIpc) is 2.20. The van der Waals surface area contributed by atoms with Gasteiger partial charge in [-0.2, -0.15) is 11.8 Å². The Balaban J connectivity index is 2.07. The van der Waals surface area contributed by atoms with Crippen molar-refractivity contribution in [1.82, 2.24) is 10.2 Å². The van der Waals surface area contributed by atoms with Gasteiger partial charge in [0.15, 0.2) is 0 Å². The highest BCUT2D eigenvalue weighted by atomic mass is 32.2. The molecular weight excluding hydrogens is 240 g/mol. The molecule has 0 aromatic rings. The molecule has 0 aromatic heterocycles. The van der Waals surface area contributed by atoms with Crippen LogP contribution in [-0.4, -0.2) is 41.3 Å². The van der Waals surface area contributed by atoms with Crippen LogP contribution in [0.4, 0.5) is 4.79 Å². The first kappa shape index (κ1) is 12.4. The van der Waals surface area contributed by atoms with Gasteiger partial charge in [0.25, 0.3) is 0 Å². The second-order valence-electron chi connectivity index (χ2n) is 4.50. The third kappa shape index (κ3) is 1.94. The van der Waals surface area contributed by atoms with Crippen molar-refractivity contribution in [3.8, 4) is 0 Å². The fraction of sp³-hybridized carbons (Fsp3) is 0.727. The zero-order valence-corrected chi connectivity index (χ0v) is 10.6. The summed E-state index contributed by atoms with van der Waals surface area (Å²) in [7, 11) is 0. The number of imide groups is 2. The zero-order chi connectivity index (χ0) is 12.5. The molecule has 2 rings (SSSR count). The summed E-state index contributed by atoms with van der Waals surface area (Å²) in [6.07, 6.45) is 4.78. The number of rotatable bonds is 4. The van der Waals surface area contributed by atoms with Crippen molar-refractivity contribution in [2.24, 2.45) is 5.41 Å². The Morgan fingerprint density at radius 3 is 2.59 bits per heavy atom. The van der Waals surface area contributed by atoms with Crippen molar-refractivity contribution in [2.45, 2.75) is 25.7 Å². The van der Waals surface area contributed by atoms with Crippen molar-refractivity contribution in [2.75, 3.05) is 18.6 Å². The van der Waals surface area contributed by atoms with Crippen molar-refractivity contribution < 1.29 is 14.4 Å². The molecule has 1 spiro atoms. The molecule has 1 saturated heterocycles. The molecule has 5 nitrogen and oxygen atoms in total. The number of hydrogen-bond acceptors (Lipinski definition) is 4. The van der Waals surface area contributed by atoms with Crippen LogP contribution in [0.15, 0.2) is 0 Å². The van der Waals surface area contributed by atoms with Gasteiger partial charge in [-0.3, -0.25) is 19.8 Å². The smallest absolute Gasteiger partial charge is 0.277 e. The van der Waals surface area contributed by atoms with Gasteiger partial charge >= 0.3 is 6.03 Å². The summed E-state index contributed by atoms with van der Waals surface area (Å²) < 4.78 is 0. The van der Waals surface area contributed by atoms with E-state index >= 15 is 0 Å². The molecule has 1 saturated carbocycles. The highest BCUT2D eigenvalue weighted by molar-refractivity contribution is 7.98. The van der Waals surface area contributed by atoms with Crippen molar-refractivity contribution in [3.63, 3.8) is 0 Å².